The normalized spacial score (nSPS) is 18.6. The second kappa shape index (κ2) is 8.60. The molecule has 0 aromatic heterocycles. The second-order valence-electron chi connectivity index (χ2n) is 7.21. The lowest BCUT2D eigenvalue weighted by atomic mass is 9.85. The highest BCUT2D eigenvalue weighted by Crippen LogP contribution is 2.39. The Kier molecular flexibility index (Phi) is 6.18. The van der Waals surface area contributed by atoms with Crippen LogP contribution < -0.4 is 10.2 Å². The first-order chi connectivity index (χ1) is 13.5. The highest BCUT2D eigenvalue weighted by molar-refractivity contribution is 5.96. The van der Waals surface area contributed by atoms with Crippen molar-refractivity contribution >= 4 is 23.4 Å². The van der Waals surface area contributed by atoms with Crippen LogP contribution in [0.25, 0.3) is 0 Å². The smallest absolute Gasteiger partial charge is 0.250 e. The van der Waals surface area contributed by atoms with Crippen molar-refractivity contribution in [3.63, 3.8) is 0 Å². The first kappa shape index (κ1) is 20.1. The summed E-state index contributed by atoms with van der Waals surface area (Å²) in [5, 5.41) is 2.76. The minimum Gasteiger partial charge on any atom is -0.375 e. The number of nitrogens with one attached hydrogen (secondary N) is 1. The average molecular weight is 388 g/mol. The van der Waals surface area contributed by atoms with E-state index in [4.69, 9.17) is 4.74 Å². The molecule has 2 aliphatic rings. The number of benzene rings is 1. The fraction of sp³-hybridized carbons (Fsp3) is 0.550. The van der Waals surface area contributed by atoms with Gasteiger partial charge in [0, 0.05) is 32.4 Å². The Morgan fingerprint density at radius 2 is 1.86 bits per heavy atom. The fourth-order valence-electron chi connectivity index (χ4n) is 4.09. The first-order valence-corrected chi connectivity index (χ1v) is 9.67. The van der Waals surface area contributed by atoms with E-state index in [0.717, 1.165) is 5.69 Å². The summed E-state index contributed by atoms with van der Waals surface area (Å²) in [4.78, 5) is 43.1. The van der Waals surface area contributed by atoms with Crippen molar-refractivity contribution in [2.75, 3.05) is 51.5 Å². The van der Waals surface area contributed by atoms with Crippen molar-refractivity contribution in [3.8, 4) is 0 Å². The third-order valence-corrected chi connectivity index (χ3v) is 5.50. The van der Waals surface area contributed by atoms with Gasteiger partial charge in [-0.3, -0.25) is 14.4 Å². The molecule has 1 aromatic carbocycles. The van der Waals surface area contributed by atoms with Gasteiger partial charge in [0.05, 0.1) is 6.67 Å². The Bertz CT molecular complexity index is 716. The third-order valence-electron chi connectivity index (χ3n) is 5.50. The Hall–Kier alpha value is -2.61. The van der Waals surface area contributed by atoms with Crippen molar-refractivity contribution in [1.82, 2.24) is 15.1 Å². The lowest BCUT2D eigenvalue weighted by Crippen LogP contribution is -2.57. The van der Waals surface area contributed by atoms with E-state index < -0.39 is 5.54 Å². The van der Waals surface area contributed by atoms with E-state index >= 15 is 0 Å². The summed E-state index contributed by atoms with van der Waals surface area (Å²) < 4.78 is 4.95. The number of amides is 3. The van der Waals surface area contributed by atoms with Crippen molar-refractivity contribution < 1.29 is 19.1 Å². The van der Waals surface area contributed by atoms with Crippen LogP contribution in [0.5, 0.6) is 0 Å². The molecule has 1 spiro atoms. The number of likely N-dealkylation sites (tertiary alicyclic amines) is 1. The van der Waals surface area contributed by atoms with E-state index in [2.05, 4.69) is 10.2 Å². The predicted octanol–water partition coefficient (Wildman–Crippen LogP) is 0.436. The number of rotatable bonds is 6. The molecule has 0 atom stereocenters. The van der Waals surface area contributed by atoms with E-state index in [1.807, 2.05) is 37.3 Å². The Labute approximate surface area is 165 Å². The van der Waals surface area contributed by atoms with Crippen molar-refractivity contribution in [2.45, 2.75) is 25.3 Å². The zero-order valence-corrected chi connectivity index (χ0v) is 16.5. The van der Waals surface area contributed by atoms with Gasteiger partial charge >= 0.3 is 0 Å². The molecule has 3 amide bonds. The molecule has 3 rings (SSSR count). The number of hydrogen-bond acceptors (Lipinski definition) is 5. The molecule has 0 radical (unpaired) electrons. The molecular formula is C20H28N4O4. The largest absolute Gasteiger partial charge is 0.375 e. The molecule has 1 aromatic rings. The van der Waals surface area contributed by atoms with Crippen LogP contribution in [0.15, 0.2) is 30.3 Å². The molecule has 0 saturated carbocycles. The molecule has 1 N–H and O–H groups in total. The van der Waals surface area contributed by atoms with Gasteiger partial charge in [0.15, 0.2) is 0 Å². The van der Waals surface area contributed by atoms with Gasteiger partial charge < -0.3 is 24.8 Å². The fourth-order valence-corrected chi connectivity index (χ4v) is 4.09. The molecule has 8 heteroatoms. The number of likely N-dealkylation sites (N-methyl/N-ethyl adjacent to an activating group) is 1. The quantitative estimate of drug-likeness (QED) is 0.765. The Balaban J connectivity index is 1.82. The van der Waals surface area contributed by atoms with Gasteiger partial charge in [0.1, 0.15) is 18.7 Å². The standard InChI is InChI=1S/C20H28N4O4/c1-3-21-17(25)13-23-15-24(16-7-5-4-6-8-16)20(19(23)27)9-11-22(12-10-20)18(26)14-28-2/h4-8H,3,9-15H2,1-2H3,(H,21,25). The summed E-state index contributed by atoms with van der Waals surface area (Å²) in [7, 11) is 1.50. The van der Waals surface area contributed by atoms with Crippen molar-refractivity contribution in [2.24, 2.45) is 0 Å². The topological polar surface area (TPSA) is 82.2 Å². The molecule has 0 bridgehead atoms. The summed E-state index contributed by atoms with van der Waals surface area (Å²) in [5.74, 6) is -0.261. The van der Waals surface area contributed by atoms with Crippen molar-refractivity contribution in [3.05, 3.63) is 30.3 Å². The lowest BCUT2D eigenvalue weighted by molar-refractivity contribution is -0.141. The number of anilines is 1. The zero-order chi connectivity index (χ0) is 20.1. The number of hydrogen-bond donors (Lipinski definition) is 1. The second-order valence-corrected chi connectivity index (χ2v) is 7.21. The molecule has 28 heavy (non-hydrogen) atoms. The van der Waals surface area contributed by atoms with E-state index in [0.29, 0.717) is 39.1 Å². The number of methoxy groups -OCH3 is 1. The molecule has 8 nitrogen and oxygen atoms in total. The summed E-state index contributed by atoms with van der Waals surface area (Å²) >= 11 is 0. The highest BCUT2D eigenvalue weighted by atomic mass is 16.5. The summed E-state index contributed by atoms with van der Waals surface area (Å²) in [6.45, 7) is 3.83. The monoisotopic (exact) mass is 388 g/mol. The third kappa shape index (κ3) is 3.82. The van der Waals surface area contributed by atoms with Gasteiger partial charge in [-0.05, 0) is 31.9 Å². The molecule has 2 heterocycles. The van der Waals surface area contributed by atoms with Gasteiger partial charge in [0.25, 0.3) is 5.91 Å². The van der Waals surface area contributed by atoms with E-state index in [1.165, 1.54) is 7.11 Å². The summed E-state index contributed by atoms with van der Waals surface area (Å²) in [5.41, 5.74) is 0.225. The van der Waals surface area contributed by atoms with Crippen LogP contribution >= 0.6 is 0 Å². The summed E-state index contributed by atoms with van der Waals surface area (Å²) in [6, 6.07) is 9.78. The maximum atomic E-state index is 13.4. The lowest BCUT2D eigenvalue weighted by Gasteiger charge is -2.43. The van der Waals surface area contributed by atoms with Crippen LogP contribution in [0, 0.1) is 0 Å². The maximum Gasteiger partial charge on any atom is 0.250 e. The van der Waals surface area contributed by atoms with E-state index in [9.17, 15) is 14.4 Å². The minimum atomic E-state index is -0.725. The number of carbonyl (C=O) groups excluding carboxylic acids is 3. The van der Waals surface area contributed by atoms with Gasteiger partial charge in [-0.1, -0.05) is 18.2 Å². The molecule has 2 aliphatic heterocycles. The Morgan fingerprint density at radius 1 is 1.18 bits per heavy atom. The number of ether oxygens (including phenoxy) is 1. The number of piperidine rings is 1. The number of carbonyl (C=O) groups is 3. The van der Waals surface area contributed by atoms with Gasteiger partial charge in [-0.25, -0.2) is 0 Å². The van der Waals surface area contributed by atoms with Crippen LogP contribution in [0.2, 0.25) is 0 Å². The number of para-hydroxylation sites is 1. The minimum absolute atomic E-state index is 0.0403. The van der Waals surface area contributed by atoms with Gasteiger partial charge in [-0.15, -0.1) is 0 Å². The average Bonchev–Trinajstić information content (AvgIpc) is 2.95. The SMILES string of the molecule is CCNC(=O)CN1CN(c2ccccc2)C2(CCN(C(=O)COC)CC2)C1=O. The molecule has 152 valence electrons. The van der Waals surface area contributed by atoms with E-state index in [1.54, 1.807) is 9.80 Å². The van der Waals surface area contributed by atoms with Crippen LogP contribution in [0.1, 0.15) is 19.8 Å². The molecule has 2 fully saturated rings. The summed E-state index contributed by atoms with van der Waals surface area (Å²) in [6.07, 6.45) is 1.06. The molecular weight excluding hydrogens is 360 g/mol. The van der Waals surface area contributed by atoms with Gasteiger partial charge in [-0.2, -0.15) is 0 Å². The van der Waals surface area contributed by atoms with Gasteiger partial charge in [0.2, 0.25) is 11.8 Å². The maximum absolute atomic E-state index is 13.4. The molecule has 0 aliphatic carbocycles. The van der Waals surface area contributed by atoms with Crippen LogP contribution in [0.3, 0.4) is 0 Å². The van der Waals surface area contributed by atoms with Crippen LogP contribution in [0.4, 0.5) is 5.69 Å². The first-order valence-electron chi connectivity index (χ1n) is 9.67. The zero-order valence-electron chi connectivity index (χ0n) is 16.5. The predicted molar refractivity (Wildman–Crippen MR) is 105 cm³/mol. The van der Waals surface area contributed by atoms with Crippen molar-refractivity contribution in [1.29, 1.82) is 0 Å². The van der Waals surface area contributed by atoms with Crippen LogP contribution in [-0.4, -0.2) is 79.6 Å². The van der Waals surface area contributed by atoms with E-state index in [-0.39, 0.29) is 30.9 Å². The molecule has 0 unspecified atom stereocenters. The molecule has 2 saturated heterocycles. The number of nitrogens with zero attached hydrogens (tertiary/aromatic N) is 3. The Morgan fingerprint density at radius 3 is 2.46 bits per heavy atom. The highest BCUT2D eigenvalue weighted by Gasteiger charge is 2.54. The van der Waals surface area contributed by atoms with Crippen LogP contribution in [-0.2, 0) is 19.1 Å².